The lowest BCUT2D eigenvalue weighted by atomic mass is 10.6. The van der Waals surface area contributed by atoms with Crippen LogP contribution in [0.15, 0.2) is 0 Å². The van der Waals surface area contributed by atoms with E-state index in [1.165, 1.54) is 0 Å². The van der Waals surface area contributed by atoms with E-state index in [1.807, 2.05) is 0 Å². The van der Waals surface area contributed by atoms with E-state index < -0.39 is 14.1 Å². The van der Waals surface area contributed by atoms with Gasteiger partial charge < -0.3 is 19.3 Å². The fraction of sp³-hybridized carbons (Fsp3) is 1.00. The summed E-state index contributed by atoms with van der Waals surface area (Å²) < 4.78 is 24.1. The van der Waals surface area contributed by atoms with Gasteiger partial charge in [0.1, 0.15) is 0 Å². The molecule has 0 saturated carbocycles. The fourth-order valence-electron chi connectivity index (χ4n) is 0.680. The average molecular weight is 184 g/mol. The molecule has 0 spiro atoms. The fourth-order valence-corrected chi connectivity index (χ4v) is 1.11. The highest BCUT2D eigenvalue weighted by atomic mass is 31.2. The minimum Gasteiger partial charge on any atom is -0.374 e. The van der Waals surface area contributed by atoms with Gasteiger partial charge in [-0.3, -0.25) is 4.52 Å². The van der Waals surface area contributed by atoms with Gasteiger partial charge in [0.15, 0.2) is 6.29 Å². The van der Waals surface area contributed by atoms with Crippen molar-refractivity contribution in [3.05, 3.63) is 0 Å². The minimum absolute atomic E-state index is 0.0606. The van der Waals surface area contributed by atoms with E-state index >= 15 is 0 Å². The van der Waals surface area contributed by atoms with Gasteiger partial charge in [-0.2, -0.15) is 0 Å². The van der Waals surface area contributed by atoms with Gasteiger partial charge in [-0.1, -0.05) is 0 Å². The number of phosphoric acid groups is 1. The molecule has 0 aliphatic carbocycles. The zero-order valence-corrected chi connectivity index (χ0v) is 6.57. The van der Waals surface area contributed by atoms with Crippen LogP contribution in [0.4, 0.5) is 0 Å². The van der Waals surface area contributed by atoms with Crippen molar-refractivity contribution in [2.24, 2.45) is 0 Å². The Morgan fingerprint density at radius 3 is 2.64 bits per heavy atom. The van der Waals surface area contributed by atoms with E-state index in [-0.39, 0.29) is 6.61 Å². The summed E-state index contributed by atoms with van der Waals surface area (Å²) in [5.41, 5.74) is 0. The molecule has 1 aliphatic rings. The highest BCUT2D eigenvalue weighted by Gasteiger charge is 2.24. The zero-order chi connectivity index (χ0) is 8.32. The van der Waals surface area contributed by atoms with Gasteiger partial charge in [0.25, 0.3) is 0 Å². The lowest BCUT2D eigenvalue weighted by Crippen LogP contribution is -2.30. The Hall–Kier alpha value is 0.0300. The van der Waals surface area contributed by atoms with Crippen molar-refractivity contribution in [1.82, 2.24) is 0 Å². The van der Waals surface area contributed by atoms with Crippen molar-refractivity contribution in [3.63, 3.8) is 0 Å². The summed E-state index contributed by atoms with van der Waals surface area (Å²) in [6.45, 7) is 0.788. The number of hydrogen-bond donors (Lipinski definition) is 2. The first-order chi connectivity index (χ1) is 5.08. The van der Waals surface area contributed by atoms with Gasteiger partial charge in [-0.15, -0.1) is 0 Å². The van der Waals surface area contributed by atoms with Crippen LogP contribution < -0.4 is 0 Å². The number of hydrogen-bond acceptors (Lipinski definition) is 4. The molecule has 0 aromatic rings. The summed E-state index contributed by atoms with van der Waals surface area (Å²) >= 11 is 0. The molecule has 1 heterocycles. The van der Waals surface area contributed by atoms with Crippen molar-refractivity contribution in [2.75, 3.05) is 19.8 Å². The summed E-state index contributed by atoms with van der Waals surface area (Å²) in [6.07, 6.45) is -0.940. The van der Waals surface area contributed by atoms with Crippen LogP contribution in [0.5, 0.6) is 0 Å². The Balaban J connectivity index is 2.30. The Morgan fingerprint density at radius 2 is 2.18 bits per heavy atom. The van der Waals surface area contributed by atoms with Gasteiger partial charge in [-0.25, -0.2) is 4.57 Å². The number of ether oxygens (including phenoxy) is 2. The molecule has 66 valence electrons. The van der Waals surface area contributed by atoms with E-state index in [2.05, 4.69) is 4.52 Å². The number of rotatable bonds is 2. The summed E-state index contributed by atoms with van der Waals surface area (Å²) in [6, 6.07) is 0. The second kappa shape index (κ2) is 3.62. The van der Waals surface area contributed by atoms with Crippen LogP contribution in [-0.2, 0) is 18.6 Å². The van der Waals surface area contributed by atoms with Crippen molar-refractivity contribution in [2.45, 2.75) is 6.29 Å². The second-order valence-corrected chi connectivity index (χ2v) is 3.16. The van der Waals surface area contributed by atoms with Crippen molar-refractivity contribution < 1.29 is 28.3 Å². The molecule has 1 unspecified atom stereocenters. The molecule has 11 heavy (non-hydrogen) atoms. The number of phosphoric ester groups is 1. The van der Waals surface area contributed by atoms with Crippen LogP contribution in [0.25, 0.3) is 0 Å². The molecule has 2 N–H and O–H groups in total. The monoisotopic (exact) mass is 184 g/mol. The Labute approximate surface area is 63.3 Å². The Morgan fingerprint density at radius 1 is 1.45 bits per heavy atom. The molecule has 1 rings (SSSR count). The summed E-state index contributed by atoms with van der Waals surface area (Å²) in [4.78, 5) is 16.6. The molecule has 0 aromatic carbocycles. The topological polar surface area (TPSA) is 85.2 Å². The van der Waals surface area contributed by atoms with Gasteiger partial charge in [0.2, 0.25) is 0 Å². The second-order valence-electron chi connectivity index (χ2n) is 1.97. The van der Waals surface area contributed by atoms with E-state index in [1.54, 1.807) is 0 Å². The van der Waals surface area contributed by atoms with Gasteiger partial charge in [0.05, 0.1) is 19.8 Å². The van der Waals surface area contributed by atoms with Gasteiger partial charge in [0, 0.05) is 0 Å². The summed E-state index contributed by atoms with van der Waals surface area (Å²) in [5, 5.41) is 0. The molecule has 0 aromatic heterocycles. The molecule has 7 heteroatoms. The Kier molecular flexibility index (Phi) is 3.00. The predicted octanol–water partition coefficient (Wildman–Crippen LogP) is -0.531. The van der Waals surface area contributed by atoms with E-state index in [0.717, 1.165) is 0 Å². The summed E-state index contributed by atoms with van der Waals surface area (Å²) in [5.74, 6) is 0. The highest BCUT2D eigenvalue weighted by molar-refractivity contribution is 7.46. The molecule has 1 fully saturated rings. The van der Waals surface area contributed by atoms with Crippen LogP contribution in [0.1, 0.15) is 0 Å². The molecule has 0 bridgehead atoms. The quantitative estimate of drug-likeness (QED) is 0.561. The van der Waals surface area contributed by atoms with E-state index in [9.17, 15) is 4.57 Å². The lowest BCUT2D eigenvalue weighted by molar-refractivity contribution is -0.177. The minimum atomic E-state index is -4.44. The largest absolute Gasteiger partial charge is 0.472 e. The van der Waals surface area contributed by atoms with Crippen molar-refractivity contribution in [3.8, 4) is 0 Å². The van der Waals surface area contributed by atoms with Crippen LogP contribution in [0, 0.1) is 0 Å². The third-order valence-electron chi connectivity index (χ3n) is 1.04. The first-order valence-corrected chi connectivity index (χ1v) is 4.54. The summed E-state index contributed by atoms with van der Waals surface area (Å²) in [7, 11) is -4.44. The first-order valence-electron chi connectivity index (χ1n) is 3.01. The average Bonchev–Trinajstić information content (AvgIpc) is 1.85. The third kappa shape index (κ3) is 3.81. The molecular formula is C4H9O6P. The van der Waals surface area contributed by atoms with E-state index in [0.29, 0.717) is 13.2 Å². The Bertz CT molecular complexity index is 158. The molecule has 6 nitrogen and oxygen atoms in total. The molecule has 1 aliphatic heterocycles. The van der Waals surface area contributed by atoms with Crippen LogP contribution in [0.3, 0.4) is 0 Å². The molecule has 0 radical (unpaired) electrons. The van der Waals surface area contributed by atoms with Crippen LogP contribution in [-0.4, -0.2) is 35.9 Å². The SMILES string of the molecule is O=P(O)(O)OC1COCCO1. The lowest BCUT2D eigenvalue weighted by Gasteiger charge is -2.22. The van der Waals surface area contributed by atoms with Gasteiger partial charge in [-0.05, 0) is 0 Å². The normalized spacial score (nSPS) is 26.9. The maximum Gasteiger partial charge on any atom is 0.472 e. The predicted molar refractivity (Wildman–Crippen MR) is 33.7 cm³/mol. The standard InChI is InChI=1S/C4H9O6P/c5-11(6,7)10-4-3-8-1-2-9-4/h4H,1-3H2,(H2,5,6,7). The van der Waals surface area contributed by atoms with Gasteiger partial charge >= 0.3 is 7.82 Å². The van der Waals surface area contributed by atoms with Crippen molar-refractivity contribution >= 4 is 7.82 Å². The third-order valence-corrected chi connectivity index (χ3v) is 1.55. The van der Waals surface area contributed by atoms with Crippen LogP contribution in [0.2, 0.25) is 0 Å². The van der Waals surface area contributed by atoms with Crippen molar-refractivity contribution in [1.29, 1.82) is 0 Å². The van der Waals surface area contributed by atoms with Crippen LogP contribution >= 0.6 is 7.82 Å². The smallest absolute Gasteiger partial charge is 0.374 e. The maximum absolute atomic E-state index is 10.2. The molecule has 0 amide bonds. The highest BCUT2D eigenvalue weighted by Crippen LogP contribution is 2.38. The van der Waals surface area contributed by atoms with E-state index in [4.69, 9.17) is 19.3 Å². The molecule has 1 saturated heterocycles. The molecular weight excluding hydrogens is 175 g/mol. The maximum atomic E-state index is 10.2. The molecule has 1 atom stereocenters. The first kappa shape index (κ1) is 9.12. The zero-order valence-electron chi connectivity index (χ0n) is 5.67.